The van der Waals surface area contributed by atoms with Gasteiger partial charge in [-0.25, -0.2) is 0 Å². The molecule has 158 valence electrons. The fraction of sp³-hybridized carbons (Fsp3) is 0.550. The predicted molar refractivity (Wildman–Crippen MR) is 119 cm³/mol. The van der Waals surface area contributed by atoms with E-state index in [0.717, 1.165) is 18.7 Å². The number of nitrogens with zero attached hydrogens (tertiary/aromatic N) is 1. The maximum absolute atomic E-state index is 12.3. The number of anilines is 1. The van der Waals surface area contributed by atoms with Crippen LogP contribution in [0.2, 0.25) is 5.02 Å². The van der Waals surface area contributed by atoms with E-state index in [1.165, 1.54) is 0 Å². The van der Waals surface area contributed by atoms with Gasteiger partial charge in [0.15, 0.2) is 5.11 Å². The molecule has 2 saturated heterocycles. The van der Waals surface area contributed by atoms with Crippen LogP contribution in [-0.2, 0) is 9.59 Å². The summed E-state index contributed by atoms with van der Waals surface area (Å²) in [6.45, 7) is 5.19. The second-order valence-electron chi connectivity index (χ2n) is 7.91. The number of hydrogen-bond acceptors (Lipinski definition) is 4. The van der Waals surface area contributed by atoms with Gasteiger partial charge in [-0.15, -0.1) is 0 Å². The molecule has 2 aliphatic rings. The molecule has 3 atom stereocenters. The van der Waals surface area contributed by atoms with Gasteiger partial charge >= 0.3 is 0 Å². The van der Waals surface area contributed by atoms with Crippen LogP contribution in [0, 0.1) is 0 Å². The minimum absolute atomic E-state index is 0.0498. The van der Waals surface area contributed by atoms with Crippen LogP contribution >= 0.6 is 23.8 Å². The Hall–Kier alpha value is -1.90. The molecule has 9 heteroatoms. The van der Waals surface area contributed by atoms with Gasteiger partial charge in [0, 0.05) is 48.3 Å². The van der Waals surface area contributed by atoms with Crippen molar-refractivity contribution in [3.05, 3.63) is 29.3 Å². The van der Waals surface area contributed by atoms with Gasteiger partial charge in [0.25, 0.3) is 0 Å². The van der Waals surface area contributed by atoms with Gasteiger partial charge in [-0.05, 0) is 63.2 Å². The van der Waals surface area contributed by atoms with Gasteiger partial charge in [0.2, 0.25) is 11.8 Å². The van der Waals surface area contributed by atoms with Crippen LogP contribution in [0.15, 0.2) is 24.3 Å². The molecule has 0 saturated carbocycles. The smallest absolute Gasteiger partial charge is 0.237 e. The molecule has 2 amide bonds. The molecule has 3 rings (SSSR count). The van der Waals surface area contributed by atoms with Gasteiger partial charge in [-0.3, -0.25) is 14.5 Å². The van der Waals surface area contributed by atoms with E-state index in [-0.39, 0.29) is 36.0 Å². The Labute approximate surface area is 181 Å². The minimum atomic E-state index is -0.183. The molecular formula is C20H28ClN5O2S. The monoisotopic (exact) mass is 437 g/mol. The Morgan fingerprint density at radius 3 is 2.76 bits per heavy atom. The Morgan fingerprint density at radius 2 is 2.07 bits per heavy atom. The van der Waals surface area contributed by atoms with Crippen LogP contribution in [0.3, 0.4) is 0 Å². The molecule has 0 aromatic heterocycles. The van der Waals surface area contributed by atoms with Crippen LogP contribution < -0.4 is 21.3 Å². The normalized spacial score (nSPS) is 24.0. The molecule has 1 aromatic rings. The van der Waals surface area contributed by atoms with Crippen molar-refractivity contribution >= 4 is 46.4 Å². The molecule has 1 aromatic carbocycles. The number of thiocarbonyl (C=S) groups is 1. The first-order valence-electron chi connectivity index (χ1n) is 9.97. The highest BCUT2D eigenvalue weighted by Crippen LogP contribution is 2.26. The number of carbonyl (C=O) groups excluding carboxylic acids is 2. The third kappa shape index (κ3) is 6.04. The van der Waals surface area contributed by atoms with Crippen LogP contribution in [0.1, 0.15) is 33.1 Å². The summed E-state index contributed by atoms with van der Waals surface area (Å²) in [5, 5.41) is 13.6. The summed E-state index contributed by atoms with van der Waals surface area (Å²) >= 11 is 11.3. The number of hydrogen-bond donors (Lipinski definition) is 4. The highest BCUT2D eigenvalue weighted by atomic mass is 35.5. The Balaban J connectivity index is 1.53. The van der Waals surface area contributed by atoms with Crippen molar-refractivity contribution in [2.75, 3.05) is 18.4 Å². The molecule has 2 heterocycles. The van der Waals surface area contributed by atoms with Crippen LogP contribution in [0.5, 0.6) is 0 Å². The van der Waals surface area contributed by atoms with E-state index in [4.69, 9.17) is 23.8 Å². The molecule has 0 aliphatic carbocycles. The first-order chi connectivity index (χ1) is 13.8. The maximum atomic E-state index is 12.3. The number of fused-ring (bicyclic) bond motifs is 1. The molecule has 4 N–H and O–H groups in total. The minimum Gasteiger partial charge on any atom is -0.358 e. The molecule has 29 heavy (non-hydrogen) atoms. The largest absolute Gasteiger partial charge is 0.358 e. The quantitative estimate of drug-likeness (QED) is 0.508. The van der Waals surface area contributed by atoms with Crippen LogP contribution in [-0.4, -0.2) is 59.1 Å². The summed E-state index contributed by atoms with van der Waals surface area (Å²) in [6.07, 6.45) is 1.86. The first-order valence-corrected chi connectivity index (χ1v) is 10.8. The molecule has 2 aliphatic heterocycles. The second-order valence-corrected chi connectivity index (χ2v) is 8.76. The number of piperazine rings is 1. The SMILES string of the molecule is CC(C)NC(=O)CC[C@@H]1CNC(=O)[C@@H]2C[C@H](NC(=S)Nc3ccc(Cl)cc3)CN12. The summed E-state index contributed by atoms with van der Waals surface area (Å²) in [5.41, 5.74) is 0.856. The standard InChI is InChI=1S/C20H28ClN5O2S/c1-12(2)23-18(27)8-7-16-10-22-19(28)17-9-15(11-26(16)17)25-20(29)24-14-5-3-13(21)4-6-14/h3-6,12,15-17H,7-11H2,1-2H3,(H,22,28)(H,23,27)(H2,24,25,29)/t15-,16+,17-/m0/s1. The molecule has 0 radical (unpaired) electrons. The average Bonchev–Trinajstić information content (AvgIpc) is 3.07. The van der Waals surface area contributed by atoms with Crippen molar-refractivity contribution in [1.29, 1.82) is 0 Å². The molecule has 0 spiro atoms. The Bertz CT molecular complexity index is 758. The van der Waals surface area contributed by atoms with Crippen molar-refractivity contribution in [2.45, 2.75) is 57.3 Å². The molecule has 2 fully saturated rings. The second kappa shape index (κ2) is 9.73. The topological polar surface area (TPSA) is 85.5 Å². The lowest BCUT2D eigenvalue weighted by Gasteiger charge is -2.37. The first kappa shape index (κ1) is 21.8. The van der Waals surface area contributed by atoms with E-state index in [9.17, 15) is 9.59 Å². The third-order valence-corrected chi connectivity index (χ3v) is 5.69. The Morgan fingerprint density at radius 1 is 1.34 bits per heavy atom. The van der Waals surface area contributed by atoms with Crippen molar-refractivity contribution in [2.24, 2.45) is 0 Å². The van der Waals surface area contributed by atoms with E-state index in [1.807, 2.05) is 26.0 Å². The van der Waals surface area contributed by atoms with Crippen molar-refractivity contribution < 1.29 is 9.59 Å². The summed E-state index contributed by atoms with van der Waals surface area (Å²) < 4.78 is 0. The van der Waals surface area contributed by atoms with Gasteiger partial charge in [-0.1, -0.05) is 11.6 Å². The summed E-state index contributed by atoms with van der Waals surface area (Å²) in [6, 6.07) is 7.50. The number of halogens is 1. The molecule has 0 unspecified atom stereocenters. The number of carbonyl (C=O) groups is 2. The lowest BCUT2D eigenvalue weighted by atomic mass is 10.0. The highest BCUT2D eigenvalue weighted by molar-refractivity contribution is 7.80. The van der Waals surface area contributed by atoms with E-state index in [2.05, 4.69) is 26.2 Å². The number of rotatable bonds is 6. The van der Waals surface area contributed by atoms with E-state index in [1.54, 1.807) is 12.1 Å². The zero-order chi connectivity index (χ0) is 21.0. The number of benzene rings is 1. The maximum Gasteiger partial charge on any atom is 0.237 e. The number of nitrogens with one attached hydrogen (secondary N) is 4. The van der Waals surface area contributed by atoms with Crippen LogP contribution in [0.4, 0.5) is 5.69 Å². The molecule has 0 bridgehead atoms. The lowest BCUT2D eigenvalue weighted by Crippen LogP contribution is -2.58. The van der Waals surface area contributed by atoms with E-state index >= 15 is 0 Å². The molecule has 7 nitrogen and oxygen atoms in total. The van der Waals surface area contributed by atoms with Crippen molar-refractivity contribution in [3.63, 3.8) is 0 Å². The highest BCUT2D eigenvalue weighted by Gasteiger charge is 2.43. The van der Waals surface area contributed by atoms with Crippen molar-refractivity contribution in [1.82, 2.24) is 20.9 Å². The van der Waals surface area contributed by atoms with Gasteiger partial charge < -0.3 is 21.3 Å². The lowest BCUT2D eigenvalue weighted by molar-refractivity contribution is -0.129. The molecular weight excluding hydrogens is 410 g/mol. The fourth-order valence-corrected chi connectivity index (χ4v) is 4.34. The van der Waals surface area contributed by atoms with E-state index < -0.39 is 0 Å². The van der Waals surface area contributed by atoms with Crippen LogP contribution in [0.25, 0.3) is 0 Å². The van der Waals surface area contributed by atoms with E-state index in [0.29, 0.717) is 29.5 Å². The summed E-state index contributed by atoms with van der Waals surface area (Å²) in [5.74, 6) is 0.101. The van der Waals surface area contributed by atoms with Crippen molar-refractivity contribution in [3.8, 4) is 0 Å². The zero-order valence-corrected chi connectivity index (χ0v) is 18.3. The van der Waals surface area contributed by atoms with Gasteiger partial charge in [-0.2, -0.15) is 0 Å². The fourth-order valence-electron chi connectivity index (χ4n) is 3.93. The van der Waals surface area contributed by atoms with Gasteiger partial charge in [0.05, 0.1) is 6.04 Å². The third-order valence-electron chi connectivity index (χ3n) is 5.21. The van der Waals surface area contributed by atoms with Gasteiger partial charge in [0.1, 0.15) is 0 Å². The summed E-state index contributed by atoms with van der Waals surface area (Å²) in [4.78, 5) is 26.5. The predicted octanol–water partition coefficient (Wildman–Crippen LogP) is 1.87. The zero-order valence-electron chi connectivity index (χ0n) is 16.7. The number of amides is 2. The summed E-state index contributed by atoms with van der Waals surface area (Å²) in [7, 11) is 0. The Kier molecular flexibility index (Phi) is 7.32. The average molecular weight is 438 g/mol.